The van der Waals surface area contributed by atoms with Crippen molar-refractivity contribution in [1.29, 1.82) is 0 Å². The highest BCUT2D eigenvalue weighted by atomic mass is 79.9. The minimum Gasteiger partial charge on any atom is -0.351 e. The number of hydrogen-bond donors (Lipinski definition) is 1. The molecule has 1 aromatic carbocycles. The normalized spacial score (nSPS) is 10.7. The summed E-state index contributed by atoms with van der Waals surface area (Å²) >= 11 is 3.26. The topological polar surface area (TPSA) is 32.3 Å². The lowest BCUT2D eigenvalue weighted by atomic mass is 10.1. The van der Waals surface area contributed by atoms with Gasteiger partial charge in [-0.05, 0) is 54.6 Å². The fraction of sp³-hybridized carbons (Fsp3) is 0.417. The van der Waals surface area contributed by atoms with Gasteiger partial charge in [0.05, 0.1) is 5.56 Å². The second-order valence-electron chi connectivity index (χ2n) is 4.14. The van der Waals surface area contributed by atoms with E-state index in [2.05, 4.69) is 21.2 Å². The van der Waals surface area contributed by atoms with Crippen LogP contribution < -0.4 is 5.32 Å². The summed E-state index contributed by atoms with van der Waals surface area (Å²) in [5.41, 5.74) is 0.841. The van der Waals surface area contributed by atoms with Crippen LogP contribution in [0.25, 0.3) is 0 Å². The summed E-state index contributed by atoms with van der Waals surface area (Å²) in [6, 6.07) is 2.86. The minimum absolute atomic E-state index is 0.266. The number of carbonyl (C=O) groups excluding carboxylic acids is 1. The molecule has 0 radical (unpaired) electrons. The molecule has 17 heavy (non-hydrogen) atoms. The quantitative estimate of drug-likeness (QED) is 0.925. The molecule has 0 aliphatic heterocycles. The zero-order chi connectivity index (χ0) is 13.0. The van der Waals surface area contributed by atoms with Gasteiger partial charge in [0.1, 0.15) is 5.82 Å². The second-order valence-corrected chi connectivity index (χ2v) is 4.99. The van der Waals surface area contributed by atoms with Crippen LogP contribution in [-0.2, 0) is 0 Å². The lowest BCUT2D eigenvalue weighted by molar-refractivity contribution is 0.0950. The Morgan fingerprint density at radius 2 is 2.12 bits per heavy atom. The van der Waals surface area contributed by atoms with Crippen molar-refractivity contribution in [2.75, 3.05) is 27.2 Å². The van der Waals surface area contributed by atoms with Gasteiger partial charge in [0, 0.05) is 17.6 Å². The third-order valence-corrected chi connectivity index (χ3v) is 2.99. The third-order valence-electron chi connectivity index (χ3n) is 2.34. The van der Waals surface area contributed by atoms with Gasteiger partial charge in [0.25, 0.3) is 5.91 Å². The Bertz CT molecular complexity index is 421. The number of likely N-dealkylation sites (N-methyl/N-ethyl adjacent to an activating group) is 1. The Morgan fingerprint density at radius 3 is 2.71 bits per heavy atom. The van der Waals surface area contributed by atoms with E-state index in [4.69, 9.17) is 0 Å². The van der Waals surface area contributed by atoms with Gasteiger partial charge in [0.15, 0.2) is 0 Å². The standard InChI is InChI=1S/C12H16BrFN2O/c1-8-6-10(13)9(7-11(8)14)12(17)15-4-5-16(2)3/h6-7H,4-5H2,1-3H3,(H,15,17). The van der Waals surface area contributed by atoms with E-state index < -0.39 is 0 Å². The minimum atomic E-state index is -0.369. The molecule has 0 atom stereocenters. The zero-order valence-corrected chi connectivity index (χ0v) is 11.8. The molecule has 0 unspecified atom stereocenters. The van der Waals surface area contributed by atoms with Crippen molar-refractivity contribution in [2.45, 2.75) is 6.92 Å². The summed E-state index contributed by atoms with van der Waals surface area (Å²) < 4.78 is 14.0. The number of rotatable bonds is 4. The first-order valence-electron chi connectivity index (χ1n) is 5.30. The molecule has 3 nitrogen and oxygen atoms in total. The van der Waals surface area contributed by atoms with E-state index in [1.807, 2.05) is 19.0 Å². The van der Waals surface area contributed by atoms with Gasteiger partial charge in [0.2, 0.25) is 0 Å². The number of carbonyl (C=O) groups is 1. The van der Waals surface area contributed by atoms with Gasteiger partial charge >= 0.3 is 0 Å². The number of nitrogens with zero attached hydrogens (tertiary/aromatic N) is 1. The molecule has 1 N–H and O–H groups in total. The molecule has 1 amide bonds. The average molecular weight is 303 g/mol. The highest BCUT2D eigenvalue weighted by molar-refractivity contribution is 9.10. The Morgan fingerprint density at radius 1 is 1.47 bits per heavy atom. The molecule has 0 saturated carbocycles. The lowest BCUT2D eigenvalue weighted by Gasteiger charge is -2.11. The summed E-state index contributed by atoms with van der Waals surface area (Å²) in [6.45, 7) is 2.94. The number of hydrogen-bond acceptors (Lipinski definition) is 2. The maximum absolute atomic E-state index is 13.4. The highest BCUT2D eigenvalue weighted by Gasteiger charge is 2.12. The molecule has 0 saturated heterocycles. The average Bonchev–Trinajstić information content (AvgIpc) is 2.22. The van der Waals surface area contributed by atoms with E-state index in [1.54, 1.807) is 13.0 Å². The smallest absolute Gasteiger partial charge is 0.252 e. The third kappa shape index (κ3) is 4.09. The van der Waals surface area contributed by atoms with E-state index in [-0.39, 0.29) is 11.7 Å². The molecule has 0 fully saturated rings. The van der Waals surface area contributed by atoms with Crippen LogP contribution >= 0.6 is 15.9 Å². The lowest BCUT2D eigenvalue weighted by Crippen LogP contribution is -2.31. The predicted molar refractivity (Wildman–Crippen MR) is 69.7 cm³/mol. The molecule has 0 aromatic heterocycles. The van der Waals surface area contributed by atoms with Crippen LogP contribution in [0.5, 0.6) is 0 Å². The van der Waals surface area contributed by atoms with Crippen LogP contribution in [0, 0.1) is 12.7 Å². The van der Waals surface area contributed by atoms with Crippen LogP contribution in [0.15, 0.2) is 16.6 Å². The van der Waals surface area contributed by atoms with Crippen molar-refractivity contribution >= 4 is 21.8 Å². The van der Waals surface area contributed by atoms with E-state index >= 15 is 0 Å². The molecule has 0 aliphatic rings. The fourth-order valence-corrected chi connectivity index (χ4v) is 1.95. The molecule has 94 valence electrons. The first-order valence-corrected chi connectivity index (χ1v) is 6.09. The number of halogens is 2. The van der Waals surface area contributed by atoms with Gasteiger partial charge in [-0.3, -0.25) is 4.79 Å². The van der Waals surface area contributed by atoms with Crippen molar-refractivity contribution in [1.82, 2.24) is 10.2 Å². The van der Waals surface area contributed by atoms with E-state index in [1.165, 1.54) is 6.07 Å². The van der Waals surface area contributed by atoms with Gasteiger partial charge in [-0.1, -0.05) is 0 Å². The fourth-order valence-electron chi connectivity index (χ4n) is 1.31. The Hall–Kier alpha value is -0.940. The van der Waals surface area contributed by atoms with Crippen LogP contribution in [0.1, 0.15) is 15.9 Å². The SMILES string of the molecule is Cc1cc(Br)c(C(=O)NCCN(C)C)cc1F. The van der Waals surface area contributed by atoms with Crippen LogP contribution in [0.2, 0.25) is 0 Å². The Kier molecular flexibility index (Phi) is 5.08. The first kappa shape index (κ1) is 14.1. The molecule has 0 aliphatic carbocycles. The zero-order valence-electron chi connectivity index (χ0n) is 10.2. The van der Waals surface area contributed by atoms with Gasteiger partial charge in [-0.2, -0.15) is 0 Å². The number of nitrogens with one attached hydrogen (secondary N) is 1. The van der Waals surface area contributed by atoms with Crippen molar-refractivity contribution in [3.05, 3.63) is 33.5 Å². The molecule has 0 heterocycles. The van der Waals surface area contributed by atoms with Gasteiger partial charge in [-0.25, -0.2) is 4.39 Å². The number of aryl methyl sites for hydroxylation is 1. The molecular weight excluding hydrogens is 287 g/mol. The van der Waals surface area contributed by atoms with E-state index in [0.29, 0.717) is 22.1 Å². The monoisotopic (exact) mass is 302 g/mol. The van der Waals surface area contributed by atoms with Gasteiger partial charge in [-0.15, -0.1) is 0 Å². The Labute approximate surface area is 109 Å². The summed E-state index contributed by atoms with van der Waals surface area (Å²) in [7, 11) is 3.85. The molecule has 5 heteroatoms. The van der Waals surface area contributed by atoms with Crippen LogP contribution in [0.4, 0.5) is 4.39 Å². The maximum atomic E-state index is 13.4. The number of amides is 1. The number of benzene rings is 1. The molecule has 1 aromatic rings. The summed E-state index contributed by atoms with van der Waals surface area (Å²) in [6.07, 6.45) is 0. The molecule has 1 rings (SSSR count). The first-order chi connectivity index (χ1) is 7.91. The van der Waals surface area contributed by atoms with Crippen molar-refractivity contribution in [3.63, 3.8) is 0 Å². The van der Waals surface area contributed by atoms with Crippen molar-refractivity contribution in [2.24, 2.45) is 0 Å². The van der Waals surface area contributed by atoms with E-state index in [9.17, 15) is 9.18 Å². The second kappa shape index (κ2) is 6.12. The van der Waals surface area contributed by atoms with Crippen LogP contribution in [0.3, 0.4) is 0 Å². The molecular formula is C12H16BrFN2O. The van der Waals surface area contributed by atoms with Crippen molar-refractivity contribution < 1.29 is 9.18 Å². The maximum Gasteiger partial charge on any atom is 0.252 e. The molecule has 0 spiro atoms. The Balaban J connectivity index is 2.72. The summed E-state index contributed by atoms with van der Waals surface area (Å²) in [4.78, 5) is 13.7. The highest BCUT2D eigenvalue weighted by Crippen LogP contribution is 2.20. The van der Waals surface area contributed by atoms with E-state index in [0.717, 1.165) is 6.54 Å². The summed E-state index contributed by atoms with van der Waals surface area (Å²) in [5, 5.41) is 2.74. The molecule has 0 bridgehead atoms. The van der Waals surface area contributed by atoms with Crippen LogP contribution in [-0.4, -0.2) is 38.0 Å². The van der Waals surface area contributed by atoms with Crippen molar-refractivity contribution in [3.8, 4) is 0 Å². The largest absolute Gasteiger partial charge is 0.351 e. The predicted octanol–water partition coefficient (Wildman–Crippen LogP) is 2.19. The van der Waals surface area contributed by atoms with Gasteiger partial charge < -0.3 is 10.2 Å². The summed E-state index contributed by atoms with van der Waals surface area (Å²) in [5.74, 6) is -0.636.